The smallest absolute Gasteiger partial charge is 0.180 e. The SMILES string of the molecule is CNCC(=O)c1ccccc1O. The van der Waals surface area contributed by atoms with Gasteiger partial charge < -0.3 is 10.4 Å². The number of ketones is 1. The number of phenols is 1. The van der Waals surface area contributed by atoms with Gasteiger partial charge >= 0.3 is 0 Å². The highest BCUT2D eigenvalue weighted by Gasteiger charge is 2.07. The molecule has 1 rings (SSSR count). The number of hydrogen-bond donors (Lipinski definition) is 2. The summed E-state index contributed by atoms with van der Waals surface area (Å²) in [6.45, 7) is 0.248. The van der Waals surface area contributed by atoms with Gasteiger partial charge in [0.2, 0.25) is 0 Å². The summed E-state index contributed by atoms with van der Waals surface area (Å²) in [6, 6.07) is 6.52. The Balaban J connectivity index is 2.87. The summed E-state index contributed by atoms with van der Waals surface area (Å²) >= 11 is 0. The van der Waals surface area contributed by atoms with E-state index in [-0.39, 0.29) is 18.1 Å². The minimum absolute atomic E-state index is 0.0396. The number of Topliss-reactive ketones (excluding diaryl/α,β-unsaturated/α-hetero) is 1. The lowest BCUT2D eigenvalue weighted by Gasteiger charge is -2.01. The van der Waals surface area contributed by atoms with Gasteiger partial charge in [0.1, 0.15) is 5.75 Å². The second-order valence-electron chi connectivity index (χ2n) is 2.47. The summed E-state index contributed by atoms with van der Waals surface area (Å²) in [4.78, 5) is 11.2. The first-order chi connectivity index (χ1) is 5.75. The summed E-state index contributed by atoms with van der Waals surface area (Å²) in [5.74, 6) is -0.0617. The van der Waals surface area contributed by atoms with Crippen LogP contribution in [0.5, 0.6) is 5.75 Å². The zero-order valence-electron chi connectivity index (χ0n) is 6.87. The van der Waals surface area contributed by atoms with Crippen molar-refractivity contribution < 1.29 is 9.90 Å². The van der Waals surface area contributed by atoms with Crippen LogP contribution in [0.25, 0.3) is 0 Å². The summed E-state index contributed by atoms with van der Waals surface area (Å²) in [6.07, 6.45) is 0. The molecule has 0 spiro atoms. The van der Waals surface area contributed by atoms with Crippen molar-refractivity contribution in [3.63, 3.8) is 0 Å². The van der Waals surface area contributed by atoms with E-state index >= 15 is 0 Å². The monoisotopic (exact) mass is 165 g/mol. The van der Waals surface area contributed by atoms with E-state index in [9.17, 15) is 9.90 Å². The van der Waals surface area contributed by atoms with Gasteiger partial charge in [0.05, 0.1) is 12.1 Å². The van der Waals surface area contributed by atoms with Crippen molar-refractivity contribution in [2.45, 2.75) is 0 Å². The molecular weight excluding hydrogens is 154 g/mol. The van der Waals surface area contributed by atoms with Crippen LogP contribution in [0.1, 0.15) is 10.4 Å². The highest BCUT2D eigenvalue weighted by atomic mass is 16.3. The number of aromatic hydroxyl groups is 1. The van der Waals surface area contributed by atoms with Crippen molar-refractivity contribution in [2.24, 2.45) is 0 Å². The number of nitrogens with one attached hydrogen (secondary N) is 1. The third-order valence-electron chi connectivity index (χ3n) is 1.54. The summed E-state index contributed by atoms with van der Waals surface area (Å²) < 4.78 is 0. The number of hydrogen-bond acceptors (Lipinski definition) is 3. The van der Waals surface area contributed by atoms with Gasteiger partial charge in [0.25, 0.3) is 0 Å². The van der Waals surface area contributed by atoms with Gasteiger partial charge in [-0.05, 0) is 19.2 Å². The second-order valence-corrected chi connectivity index (χ2v) is 2.47. The molecule has 0 saturated heterocycles. The number of benzene rings is 1. The summed E-state index contributed by atoms with van der Waals surface area (Å²) in [5, 5.41) is 12.0. The minimum Gasteiger partial charge on any atom is -0.507 e. The molecule has 12 heavy (non-hydrogen) atoms. The van der Waals surface area contributed by atoms with Crippen LogP contribution in [0.15, 0.2) is 24.3 Å². The van der Waals surface area contributed by atoms with E-state index in [1.807, 2.05) is 0 Å². The Morgan fingerprint density at radius 3 is 2.75 bits per heavy atom. The lowest BCUT2D eigenvalue weighted by Crippen LogP contribution is -2.18. The molecule has 0 atom stereocenters. The molecule has 0 bridgehead atoms. The second kappa shape index (κ2) is 3.88. The molecule has 1 aromatic rings. The van der Waals surface area contributed by atoms with E-state index in [1.165, 1.54) is 6.07 Å². The molecule has 0 aliphatic rings. The molecular formula is C9H11NO2. The Morgan fingerprint density at radius 1 is 1.50 bits per heavy atom. The van der Waals surface area contributed by atoms with Crippen LogP contribution >= 0.6 is 0 Å². The average Bonchev–Trinajstić information content (AvgIpc) is 2.05. The number of likely N-dealkylation sites (N-methyl/N-ethyl adjacent to an activating group) is 1. The van der Waals surface area contributed by atoms with Crippen molar-refractivity contribution in [3.05, 3.63) is 29.8 Å². The van der Waals surface area contributed by atoms with Crippen molar-refractivity contribution >= 4 is 5.78 Å². The molecule has 0 aromatic heterocycles. The van der Waals surface area contributed by atoms with Gasteiger partial charge in [0.15, 0.2) is 5.78 Å². The van der Waals surface area contributed by atoms with Gasteiger partial charge in [-0.2, -0.15) is 0 Å². The maximum absolute atomic E-state index is 11.2. The molecule has 0 aliphatic carbocycles. The molecule has 0 aliphatic heterocycles. The normalized spacial score (nSPS) is 9.75. The van der Waals surface area contributed by atoms with Crippen LogP contribution in [-0.2, 0) is 0 Å². The minimum atomic E-state index is -0.101. The quantitative estimate of drug-likeness (QED) is 0.651. The van der Waals surface area contributed by atoms with Gasteiger partial charge in [-0.3, -0.25) is 4.79 Å². The highest BCUT2D eigenvalue weighted by Crippen LogP contribution is 2.15. The summed E-state index contributed by atoms with van der Waals surface area (Å²) in [7, 11) is 1.69. The molecule has 64 valence electrons. The lowest BCUT2D eigenvalue weighted by atomic mass is 10.1. The zero-order chi connectivity index (χ0) is 8.97. The largest absolute Gasteiger partial charge is 0.507 e. The van der Waals surface area contributed by atoms with Crippen molar-refractivity contribution in [2.75, 3.05) is 13.6 Å². The van der Waals surface area contributed by atoms with Gasteiger partial charge in [-0.15, -0.1) is 0 Å². The van der Waals surface area contributed by atoms with Gasteiger partial charge in [-0.1, -0.05) is 12.1 Å². The molecule has 1 aromatic carbocycles. The van der Waals surface area contributed by atoms with E-state index in [2.05, 4.69) is 5.32 Å². The number of carbonyl (C=O) groups is 1. The molecule has 3 heteroatoms. The Kier molecular flexibility index (Phi) is 2.82. The molecule has 0 heterocycles. The van der Waals surface area contributed by atoms with E-state index in [0.717, 1.165) is 0 Å². The number of phenolic OH excluding ortho intramolecular Hbond substituents is 1. The first-order valence-electron chi connectivity index (χ1n) is 3.71. The highest BCUT2D eigenvalue weighted by molar-refractivity contribution is 5.99. The molecule has 0 unspecified atom stereocenters. The fourth-order valence-corrected chi connectivity index (χ4v) is 0.965. The van der Waals surface area contributed by atoms with Crippen molar-refractivity contribution in [3.8, 4) is 5.75 Å². The maximum atomic E-state index is 11.2. The maximum Gasteiger partial charge on any atom is 0.180 e. The van der Waals surface area contributed by atoms with Gasteiger partial charge in [0, 0.05) is 0 Å². The van der Waals surface area contributed by atoms with Crippen LogP contribution in [-0.4, -0.2) is 24.5 Å². The third kappa shape index (κ3) is 1.83. The fourth-order valence-electron chi connectivity index (χ4n) is 0.965. The Labute approximate surface area is 71.0 Å². The molecule has 2 N–H and O–H groups in total. The van der Waals surface area contributed by atoms with E-state index < -0.39 is 0 Å². The Morgan fingerprint density at radius 2 is 2.17 bits per heavy atom. The third-order valence-corrected chi connectivity index (χ3v) is 1.54. The molecule has 0 radical (unpaired) electrons. The zero-order valence-corrected chi connectivity index (χ0v) is 6.87. The standard InChI is InChI=1S/C9H11NO2/c1-10-6-9(12)7-4-2-3-5-8(7)11/h2-5,10-11H,6H2,1H3. The van der Waals surface area contributed by atoms with Crippen LogP contribution in [0.4, 0.5) is 0 Å². The molecule has 0 fully saturated rings. The Hall–Kier alpha value is -1.35. The number of para-hydroxylation sites is 1. The molecule has 0 amide bonds. The topological polar surface area (TPSA) is 49.3 Å². The van der Waals surface area contributed by atoms with Crippen LogP contribution < -0.4 is 5.32 Å². The summed E-state index contributed by atoms with van der Waals surface area (Å²) in [5.41, 5.74) is 0.367. The Bertz CT molecular complexity index is 284. The van der Waals surface area contributed by atoms with Crippen molar-refractivity contribution in [1.29, 1.82) is 0 Å². The van der Waals surface area contributed by atoms with E-state index in [4.69, 9.17) is 0 Å². The van der Waals surface area contributed by atoms with Crippen LogP contribution in [0.3, 0.4) is 0 Å². The molecule has 3 nitrogen and oxygen atoms in total. The number of carbonyl (C=O) groups excluding carboxylic acids is 1. The fraction of sp³-hybridized carbons (Fsp3) is 0.222. The van der Waals surface area contributed by atoms with Crippen LogP contribution in [0.2, 0.25) is 0 Å². The predicted octanol–water partition coefficient (Wildman–Crippen LogP) is 0.794. The molecule has 0 saturated carbocycles. The average molecular weight is 165 g/mol. The van der Waals surface area contributed by atoms with E-state index in [1.54, 1.807) is 25.2 Å². The van der Waals surface area contributed by atoms with Gasteiger partial charge in [-0.25, -0.2) is 0 Å². The van der Waals surface area contributed by atoms with E-state index in [0.29, 0.717) is 5.56 Å². The lowest BCUT2D eigenvalue weighted by molar-refractivity contribution is 0.0991. The predicted molar refractivity (Wildman–Crippen MR) is 46.4 cm³/mol. The van der Waals surface area contributed by atoms with Crippen LogP contribution in [0, 0.1) is 0 Å². The first-order valence-corrected chi connectivity index (χ1v) is 3.71. The van der Waals surface area contributed by atoms with Crippen molar-refractivity contribution in [1.82, 2.24) is 5.32 Å². The first kappa shape index (κ1) is 8.74. The number of rotatable bonds is 3.